The van der Waals surface area contributed by atoms with Crippen LogP contribution in [0.1, 0.15) is 0 Å². The van der Waals surface area contributed by atoms with E-state index < -0.39 is 0 Å². The standard InChI is InChI=1S/C12H16N4O2/c13-8-1-2-10-11(5-8)15-12(14-10)16-3-4-18-7-9(16)6-17/h1-2,5,9,17H,3-4,6-7,13H2,(H,14,15). The summed E-state index contributed by atoms with van der Waals surface area (Å²) < 4.78 is 5.35. The van der Waals surface area contributed by atoms with Crippen molar-refractivity contribution in [2.24, 2.45) is 0 Å². The third-order valence-corrected chi connectivity index (χ3v) is 3.20. The average molecular weight is 248 g/mol. The van der Waals surface area contributed by atoms with Crippen molar-refractivity contribution in [2.75, 3.05) is 37.0 Å². The van der Waals surface area contributed by atoms with Gasteiger partial charge < -0.3 is 25.5 Å². The van der Waals surface area contributed by atoms with E-state index in [0.717, 1.165) is 23.5 Å². The molecule has 1 aliphatic heterocycles. The number of fused-ring (bicyclic) bond motifs is 1. The number of ether oxygens (including phenoxy) is 1. The number of hydrogen-bond acceptors (Lipinski definition) is 5. The minimum Gasteiger partial charge on any atom is -0.399 e. The Labute approximate surface area is 104 Å². The Bertz CT molecular complexity index is 554. The molecule has 1 aliphatic rings. The van der Waals surface area contributed by atoms with Crippen LogP contribution in [0.15, 0.2) is 18.2 Å². The molecule has 2 heterocycles. The topological polar surface area (TPSA) is 87.4 Å². The van der Waals surface area contributed by atoms with Crippen LogP contribution in [-0.4, -0.2) is 47.5 Å². The summed E-state index contributed by atoms with van der Waals surface area (Å²) in [5.41, 5.74) is 8.24. The number of aromatic nitrogens is 2. The number of morpholine rings is 1. The normalized spacial score (nSPS) is 20.5. The summed E-state index contributed by atoms with van der Waals surface area (Å²) in [7, 11) is 0. The number of nitrogens with one attached hydrogen (secondary N) is 1. The van der Waals surface area contributed by atoms with E-state index in [0.29, 0.717) is 18.9 Å². The van der Waals surface area contributed by atoms with E-state index in [4.69, 9.17) is 10.5 Å². The third kappa shape index (κ3) is 1.89. The third-order valence-electron chi connectivity index (χ3n) is 3.20. The summed E-state index contributed by atoms with van der Waals surface area (Å²) in [6, 6.07) is 5.53. The molecule has 1 saturated heterocycles. The van der Waals surface area contributed by atoms with Gasteiger partial charge in [-0.2, -0.15) is 0 Å². The number of aliphatic hydroxyl groups excluding tert-OH is 1. The monoisotopic (exact) mass is 248 g/mol. The molecule has 6 nitrogen and oxygen atoms in total. The second-order valence-corrected chi connectivity index (χ2v) is 4.44. The fraction of sp³-hybridized carbons (Fsp3) is 0.417. The Morgan fingerprint density at radius 3 is 3.28 bits per heavy atom. The van der Waals surface area contributed by atoms with E-state index in [1.165, 1.54) is 0 Å². The van der Waals surface area contributed by atoms with E-state index >= 15 is 0 Å². The van der Waals surface area contributed by atoms with Gasteiger partial charge in [0, 0.05) is 12.2 Å². The minimum atomic E-state index is -0.0448. The van der Waals surface area contributed by atoms with Gasteiger partial charge in [0.15, 0.2) is 0 Å². The van der Waals surface area contributed by atoms with Crippen LogP contribution in [0, 0.1) is 0 Å². The first-order chi connectivity index (χ1) is 8.78. The van der Waals surface area contributed by atoms with Crippen LogP contribution in [0.3, 0.4) is 0 Å². The van der Waals surface area contributed by atoms with Gasteiger partial charge in [-0.15, -0.1) is 0 Å². The molecule has 1 aromatic heterocycles. The molecular weight excluding hydrogens is 232 g/mol. The maximum Gasteiger partial charge on any atom is 0.204 e. The Morgan fingerprint density at radius 2 is 2.44 bits per heavy atom. The quantitative estimate of drug-likeness (QED) is 0.667. The predicted octanol–water partition coefficient (Wildman–Crippen LogP) is 0.343. The van der Waals surface area contributed by atoms with Crippen molar-refractivity contribution in [1.29, 1.82) is 0 Å². The lowest BCUT2D eigenvalue weighted by Gasteiger charge is -2.34. The molecule has 0 radical (unpaired) electrons. The lowest BCUT2D eigenvalue weighted by atomic mass is 10.2. The largest absolute Gasteiger partial charge is 0.399 e. The highest BCUT2D eigenvalue weighted by Gasteiger charge is 2.24. The van der Waals surface area contributed by atoms with E-state index in [1.54, 1.807) is 0 Å². The number of hydrogen-bond donors (Lipinski definition) is 3. The van der Waals surface area contributed by atoms with Gasteiger partial charge in [-0.25, -0.2) is 4.98 Å². The van der Waals surface area contributed by atoms with Gasteiger partial charge >= 0.3 is 0 Å². The lowest BCUT2D eigenvalue weighted by Crippen LogP contribution is -2.48. The summed E-state index contributed by atoms with van der Waals surface area (Å²) in [5, 5.41) is 9.36. The highest BCUT2D eigenvalue weighted by Crippen LogP contribution is 2.22. The Hall–Kier alpha value is -1.79. The van der Waals surface area contributed by atoms with Crippen LogP contribution < -0.4 is 10.6 Å². The Balaban J connectivity index is 1.97. The van der Waals surface area contributed by atoms with Crippen LogP contribution in [0.5, 0.6) is 0 Å². The second-order valence-electron chi connectivity index (χ2n) is 4.44. The first-order valence-electron chi connectivity index (χ1n) is 5.98. The molecule has 0 aliphatic carbocycles. The summed E-state index contributed by atoms with van der Waals surface area (Å²) >= 11 is 0. The van der Waals surface area contributed by atoms with Crippen LogP contribution >= 0.6 is 0 Å². The highest BCUT2D eigenvalue weighted by molar-refractivity contribution is 5.80. The molecule has 1 fully saturated rings. The molecule has 3 rings (SSSR count). The molecule has 0 bridgehead atoms. The summed E-state index contributed by atoms with van der Waals surface area (Å²) in [5.74, 6) is 0.762. The molecule has 1 unspecified atom stereocenters. The van der Waals surface area contributed by atoms with Crippen molar-refractivity contribution in [3.63, 3.8) is 0 Å². The van der Waals surface area contributed by atoms with Crippen LogP contribution in [0.25, 0.3) is 11.0 Å². The molecule has 0 amide bonds. The molecule has 18 heavy (non-hydrogen) atoms. The van der Waals surface area contributed by atoms with Gasteiger partial charge in [-0.1, -0.05) is 0 Å². The number of nitrogen functional groups attached to an aromatic ring is 1. The van der Waals surface area contributed by atoms with Crippen LogP contribution in [-0.2, 0) is 4.74 Å². The number of aliphatic hydroxyl groups is 1. The summed E-state index contributed by atoms with van der Waals surface area (Å²) in [6.07, 6.45) is 0. The van der Waals surface area contributed by atoms with Gasteiger partial charge in [0.05, 0.1) is 36.9 Å². The smallest absolute Gasteiger partial charge is 0.204 e. The fourth-order valence-electron chi connectivity index (χ4n) is 2.23. The second kappa shape index (κ2) is 4.47. The number of nitrogens with zero attached hydrogens (tertiary/aromatic N) is 2. The van der Waals surface area contributed by atoms with Crippen molar-refractivity contribution >= 4 is 22.7 Å². The van der Waals surface area contributed by atoms with E-state index in [1.807, 2.05) is 23.1 Å². The SMILES string of the molecule is Nc1ccc2nc(N3CCOCC3CO)[nH]c2c1. The van der Waals surface area contributed by atoms with E-state index in [9.17, 15) is 5.11 Å². The zero-order valence-electron chi connectivity index (χ0n) is 9.97. The van der Waals surface area contributed by atoms with Gasteiger partial charge in [0.1, 0.15) is 0 Å². The molecule has 0 spiro atoms. The van der Waals surface area contributed by atoms with Gasteiger partial charge in [-0.3, -0.25) is 0 Å². The van der Waals surface area contributed by atoms with Crippen molar-refractivity contribution in [3.05, 3.63) is 18.2 Å². The number of imidazole rings is 1. The molecule has 1 atom stereocenters. The Kier molecular flexibility index (Phi) is 2.81. The molecule has 4 N–H and O–H groups in total. The minimum absolute atomic E-state index is 0.0448. The number of anilines is 2. The van der Waals surface area contributed by atoms with Crippen molar-refractivity contribution in [3.8, 4) is 0 Å². The van der Waals surface area contributed by atoms with Gasteiger partial charge in [-0.05, 0) is 18.2 Å². The maximum atomic E-state index is 9.36. The molecular formula is C12H16N4O2. The van der Waals surface area contributed by atoms with Gasteiger partial charge in [0.25, 0.3) is 0 Å². The number of H-pyrrole nitrogens is 1. The summed E-state index contributed by atoms with van der Waals surface area (Å²) in [4.78, 5) is 9.80. The fourth-order valence-corrected chi connectivity index (χ4v) is 2.23. The molecule has 6 heteroatoms. The van der Waals surface area contributed by atoms with Crippen LogP contribution in [0.4, 0.5) is 11.6 Å². The molecule has 2 aromatic rings. The number of nitrogens with two attached hydrogens (primary N) is 1. The molecule has 96 valence electrons. The first kappa shape index (κ1) is 11.3. The number of rotatable bonds is 2. The van der Waals surface area contributed by atoms with Crippen molar-refractivity contribution in [1.82, 2.24) is 9.97 Å². The van der Waals surface area contributed by atoms with E-state index in [-0.39, 0.29) is 12.6 Å². The lowest BCUT2D eigenvalue weighted by molar-refractivity contribution is 0.0719. The molecule has 0 saturated carbocycles. The van der Waals surface area contributed by atoms with Crippen molar-refractivity contribution < 1.29 is 9.84 Å². The zero-order valence-corrected chi connectivity index (χ0v) is 9.97. The average Bonchev–Trinajstić information content (AvgIpc) is 2.81. The van der Waals surface area contributed by atoms with Gasteiger partial charge in [0.2, 0.25) is 5.95 Å². The summed E-state index contributed by atoms with van der Waals surface area (Å²) in [6.45, 7) is 1.95. The van der Waals surface area contributed by atoms with Crippen molar-refractivity contribution in [2.45, 2.75) is 6.04 Å². The number of aromatic amines is 1. The zero-order chi connectivity index (χ0) is 12.5. The van der Waals surface area contributed by atoms with E-state index in [2.05, 4.69) is 9.97 Å². The Morgan fingerprint density at radius 1 is 1.56 bits per heavy atom. The first-order valence-corrected chi connectivity index (χ1v) is 5.98. The number of benzene rings is 1. The highest BCUT2D eigenvalue weighted by atomic mass is 16.5. The molecule has 1 aromatic carbocycles. The van der Waals surface area contributed by atoms with Crippen LogP contribution in [0.2, 0.25) is 0 Å². The maximum absolute atomic E-state index is 9.36. The predicted molar refractivity (Wildman–Crippen MR) is 69.5 cm³/mol.